The zero-order valence-corrected chi connectivity index (χ0v) is 14.4. The molecule has 0 atom stereocenters. The van der Waals surface area contributed by atoms with Gasteiger partial charge in [-0.2, -0.15) is 4.31 Å². The lowest BCUT2D eigenvalue weighted by molar-refractivity contribution is 0.319. The first-order valence-electron chi connectivity index (χ1n) is 6.33. The molecule has 20 heavy (non-hydrogen) atoms. The van der Waals surface area contributed by atoms with Crippen molar-refractivity contribution in [1.82, 2.24) is 4.31 Å². The van der Waals surface area contributed by atoms with E-state index in [2.05, 4.69) is 0 Å². The Morgan fingerprint density at radius 3 is 1.95 bits per heavy atom. The van der Waals surface area contributed by atoms with Crippen molar-refractivity contribution in [3.05, 3.63) is 22.2 Å². The van der Waals surface area contributed by atoms with Crippen molar-refractivity contribution < 1.29 is 8.42 Å². The van der Waals surface area contributed by atoms with Crippen molar-refractivity contribution in [1.29, 1.82) is 0 Å². The summed E-state index contributed by atoms with van der Waals surface area (Å²) in [4.78, 5) is -0.0793. The molecule has 0 aliphatic rings. The number of halogens is 2. The van der Waals surface area contributed by atoms with Gasteiger partial charge in [-0.1, -0.05) is 37.0 Å². The van der Waals surface area contributed by atoms with Crippen molar-refractivity contribution in [2.75, 3.05) is 12.3 Å². The molecule has 1 aromatic carbocycles. The van der Waals surface area contributed by atoms with Gasteiger partial charge >= 0.3 is 0 Å². The Morgan fingerprint density at radius 2 is 1.60 bits per heavy atom. The lowest BCUT2D eigenvalue weighted by Gasteiger charge is -2.28. The highest BCUT2D eigenvalue weighted by molar-refractivity contribution is 7.89. The van der Waals surface area contributed by atoms with Crippen molar-refractivity contribution in [3.8, 4) is 0 Å². The van der Waals surface area contributed by atoms with Crippen LogP contribution < -0.4 is 5.73 Å². The van der Waals surface area contributed by atoms with Gasteiger partial charge in [0.25, 0.3) is 0 Å². The highest BCUT2D eigenvalue weighted by Crippen LogP contribution is 2.34. The molecule has 0 saturated heterocycles. The molecule has 0 spiro atoms. The van der Waals surface area contributed by atoms with Gasteiger partial charge in [-0.25, -0.2) is 8.42 Å². The number of anilines is 1. The van der Waals surface area contributed by atoms with Crippen molar-refractivity contribution in [2.24, 2.45) is 5.92 Å². The molecular formula is C13H20Cl2N2O2S. The molecule has 0 amide bonds. The monoisotopic (exact) mass is 338 g/mol. The largest absolute Gasteiger partial charge is 0.399 e. The Bertz CT molecular complexity index is 563. The molecule has 0 aliphatic carbocycles. The van der Waals surface area contributed by atoms with Crippen molar-refractivity contribution >= 4 is 38.9 Å². The molecule has 0 fully saturated rings. The van der Waals surface area contributed by atoms with Crippen LogP contribution in [-0.4, -0.2) is 25.3 Å². The fourth-order valence-corrected chi connectivity index (χ4v) is 4.87. The second-order valence-corrected chi connectivity index (χ2v) is 8.02. The summed E-state index contributed by atoms with van der Waals surface area (Å²) in [5, 5.41) is 0.0915. The van der Waals surface area contributed by atoms with E-state index in [-0.39, 0.29) is 26.9 Å². The van der Waals surface area contributed by atoms with E-state index in [4.69, 9.17) is 28.9 Å². The molecule has 0 unspecified atom stereocenters. The van der Waals surface area contributed by atoms with Crippen LogP contribution in [0.15, 0.2) is 17.0 Å². The van der Waals surface area contributed by atoms with Crippen LogP contribution in [0.2, 0.25) is 10.0 Å². The highest BCUT2D eigenvalue weighted by atomic mass is 35.5. The van der Waals surface area contributed by atoms with Gasteiger partial charge in [-0.05, 0) is 31.9 Å². The smallest absolute Gasteiger partial charge is 0.246 e. The number of nitrogens with zero attached hydrogens (tertiary/aromatic N) is 1. The van der Waals surface area contributed by atoms with Crippen LogP contribution in [0.3, 0.4) is 0 Å². The lowest BCUT2D eigenvalue weighted by atomic mass is 10.2. The fourth-order valence-electron chi connectivity index (χ4n) is 1.89. The Balaban J connectivity index is 3.41. The molecule has 7 heteroatoms. The maximum absolute atomic E-state index is 12.8. The molecule has 0 bridgehead atoms. The van der Waals surface area contributed by atoms with Crippen LogP contribution in [-0.2, 0) is 10.0 Å². The number of hydrogen-bond acceptors (Lipinski definition) is 3. The number of hydrogen-bond donors (Lipinski definition) is 1. The standard InChI is InChI=1S/C13H20Cl2N2O2S/c1-8(2)7-17(9(3)4)20(18,19)13-11(14)5-10(16)6-12(13)15/h5-6,8-9H,7,16H2,1-4H3. The maximum atomic E-state index is 12.8. The van der Waals surface area contributed by atoms with E-state index in [9.17, 15) is 8.42 Å². The number of nitrogens with two attached hydrogens (primary N) is 1. The first-order chi connectivity index (χ1) is 9.07. The minimum atomic E-state index is -3.76. The number of nitrogen functional groups attached to an aromatic ring is 1. The van der Waals surface area contributed by atoms with Crippen molar-refractivity contribution in [2.45, 2.75) is 38.6 Å². The average Bonchev–Trinajstić information content (AvgIpc) is 2.22. The second kappa shape index (κ2) is 6.52. The van der Waals surface area contributed by atoms with E-state index >= 15 is 0 Å². The number of benzene rings is 1. The zero-order chi connectivity index (χ0) is 15.7. The molecule has 4 nitrogen and oxygen atoms in total. The second-order valence-electron chi connectivity index (χ2n) is 5.38. The first kappa shape index (κ1) is 17.6. The van der Waals surface area contributed by atoms with Crippen LogP contribution in [0.5, 0.6) is 0 Å². The SMILES string of the molecule is CC(C)CN(C(C)C)S(=O)(=O)c1c(Cl)cc(N)cc1Cl. The van der Waals surface area contributed by atoms with E-state index in [0.29, 0.717) is 12.2 Å². The van der Waals surface area contributed by atoms with E-state index < -0.39 is 10.0 Å². The van der Waals surface area contributed by atoms with Gasteiger partial charge in [0.15, 0.2) is 0 Å². The third kappa shape index (κ3) is 3.79. The Labute approximate surface area is 130 Å². The van der Waals surface area contributed by atoms with Crippen molar-refractivity contribution in [3.63, 3.8) is 0 Å². The van der Waals surface area contributed by atoms with Gasteiger partial charge < -0.3 is 5.73 Å². The third-order valence-electron chi connectivity index (χ3n) is 2.71. The quantitative estimate of drug-likeness (QED) is 0.833. The van der Waals surface area contributed by atoms with Gasteiger partial charge in [0.1, 0.15) is 4.90 Å². The lowest BCUT2D eigenvalue weighted by Crippen LogP contribution is -2.39. The third-order valence-corrected chi connectivity index (χ3v) is 5.67. The normalized spacial score (nSPS) is 12.7. The highest BCUT2D eigenvalue weighted by Gasteiger charge is 2.31. The maximum Gasteiger partial charge on any atom is 0.246 e. The minimum absolute atomic E-state index is 0.0457. The summed E-state index contributed by atoms with van der Waals surface area (Å²) < 4.78 is 27.0. The Morgan fingerprint density at radius 1 is 1.15 bits per heavy atom. The van der Waals surface area contributed by atoms with E-state index in [1.54, 1.807) is 0 Å². The summed E-state index contributed by atoms with van der Waals surface area (Å²) in [6.07, 6.45) is 0. The summed E-state index contributed by atoms with van der Waals surface area (Å²) in [5.74, 6) is 0.193. The minimum Gasteiger partial charge on any atom is -0.399 e. The molecule has 0 heterocycles. The summed E-state index contributed by atoms with van der Waals surface area (Å²) >= 11 is 12.1. The predicted molar refractivity (Wildman–Crippen MR) is 84.7 cm³/mol. The van der Waals surface area contributed by atoms with Gasteiger partial charge in [0, 0.05) is 18.3 Å². The van der Waals surface area contributed by atoms with Crippen LogP contribution in [0.4, 0.5) is 5.69 Å². The molecule has 1 rings (SSSR count). The van der Waals surface area contributed by atoms with Gasteiger partial charge in [-0.3, -0.25) is 0 Å². The fraction of sp³-hybridized carbons (Fsp3) is 0.538. The van der Waals surface area contributed by atoms with Crippen LogP contribution in [0.1, 0.15) is 27.7 Å². The van der Waals surface area contributed by atoms with Gasteiger partial charge in [-0.15, -0.1) is 0 Å². The van der Waals surface area contributed by atoms with E-state index in [0.717, 1.165) is 0 Å². The van der Waals surface area contributed by atoms with Gasteiger partial charge in [0.05, 0.1) is 10.0 Å². The Hall–Kier alpha value is -0.490. The predicted octanol–water partition coefficient (Wildman–Crippen LogP) is 3.63. The summed E-state index contributed by atoms with van der Waals surface area (Å²) in [5.41, 5.74) is 5.94. The molecule has 1 aromatic rings. The molecular weight excluding hydrogens is 319 g/mol. The topological polar surface area (TPSA) is 63.4 Å². The molecule has 114 valence electrons. The van der Waals surface area contributed by atoms with E-state index in [1.165, 1.54) is 16.4 Å². The average molecular weight is 339 g/mol. The first-order valence-corrected chi connectivity index (χ1v) is 8.53. The summed E-state index contributed by atoms with van der Waals surface area (Å²) in [7, 11) is -3.76. The van der Waals surface area contributed by atoms with Gasteiger partial charge in [0.2, 0.25) is 10.0 Å². The zero-order valence-electron chi connectivity index (χ0n) is 12.0. The molecule has 0 radical (unpaired) electrons. The number of rotatable bonds is 5. The van der Waals surface area contributed by atoms with Crippen LogP contribution >= 0.6 is 23.2 Å². The molecule has 0 aromatic heterocycles. The summed E-state index contributed by atoms with van der Waals surface area (Å²) in [6, 6.07) is 2.61. The molecule has 2 N–H and O–H groups in total. The Kier molecular flexibility index (Phi) is 5.72. The van der Waals surface area contributed by atoms with Crippen LogP contribution in [0.25, 0.3) is 0 Å². The van der Waals surface area contributed by atoms with E-state index in [1.807, 2.05) is 27.7 Å². The van der Waals surface area contributed by atoms with Crippen LogP contribution in [0, 0.1) is 5.92 Å². The molecule has 0 saturated carbocycles. The summed E-state index contributed by atoms with van der Waals surface area (Å²) in [6.45, 7) is 7.95. The number of sulfonamides is 1. The molecule has 0 aliphatic heterocycles.